The van der Waals surface area contributed by atoms with E-state index in [2.05, 4.69) is 84.4 Å². The SMILES string of the molecule is CC1(C)O[C@@H]2[C@H](O1)[C@@H](CO[Si](c1ccccc1)(c1ccccc1)C(C)(C)C)O[C@H]2c1c[nH]n2c(=S)ncnc12. The van der Waals surface area contributed by atoms with Crippen molar-refractivity contribution >= 4 is 36.6 Å². The van der Waals surface area contributed by atoms with Crippen LogP contribution < -0.4 is 10.4 Å². The van der Waals surface area contributed by atoms with Crippen molar-refractivity contribution in [2.24, 2.45) is 0 Å². The molecule has 6 rings (SSSR count). The van der Waals surface area contributed by atoms with Crippen molar-refractivity contribution in [3.05, 3.63) is 83.5 Å². The smallest absolute Gasteiger partial charge is 0.261 e. The van der Waals surface area contributed by atoms with E-state index in [1.54, 1.807) is 4.52 Å². The van der Waals surface area contributed by atoms with E-state index in [0.717, 1.165) is 5.56 Å². The molecule has 0 saturated carbocycles. The predicted molar refractivity (Wildman–Crippen MR) is 153 cm³/mol. The summed E-state index contributed by atoms with van der Waals surface area (Å²) in [6.45, 7) is 11.1. The third-order valence-electron chi connectivity index (χ3n) is 7.70. The molecule has 4 heterocycles. The van der Waals surface area contributed by atoms with Gasteiger partial charge in [-0.05, 0) is 41.5 Å². The van der Waals surface area contributed by atoms with Crippen LogP contribution in [0.1, 0.15) is 46.3 Å². The molecule has 2 saturated heterocycles. The lowest BCUT2D eigenvalue weighted by atomic mass is 10.0. The summed E-state index contributed by atoms with van der Waals surface area (Å²) in [4.78, 5) is 8.58. The van der Waals surface area contributed by atoms with Crippen LogP contribution in [0.4, 0.5) is 0 Å². The van der Waals surface area contributed by atoms with Crippen LogP contribution >= 0.6 is 12.2 Å². The van der Waals surface area contributed by atoms with Crippen LogP contribution in [-0.2, 0) is 18.6 Å². The predicted octanol–water partition coefficient (Wildman–Crippen LogP) is 4.32. The van der Waals surface area contributed by atoms with Gasteiger partial charge in [0.2, 0.25) is 4.77 Å². The number of benzene rings is 2. The Morgan fingerprint density at radius 1 is 0.974 bits per heavy atom. The van der Waals surface area contributed by atoms with Crippen molar-refractivity contribution < 1.29 is 18.6 Å². The Morgan fingerprint density at radius 3 is 2.21 bits per heavy atom. The van der Waals surface area contributed by atoms with E-state index >= 15 is 0 Å². The van der Waals surface area contributed by atoms with Gasteiger partial charge >= 0.3 is 0 Å². The maximum absolute atomic E-state index is 7.22. The Balaban J connectivity index is 1.38. The molecule has 4 atom stereocenters. The van der Waals surface area contributed by atoms with E-state index in [-0.39, 0.29) is 23.4 Å². The zero-order valence-corrected chi connectivity index (χ0v) is 24.6. The molecule has 2 aromatic heterocycles. The lowest BCUT2D eigenvalue weighted by molar-refractivity contribution is -0.190. The third-order valence-corrected chi connectivity index (χ3v) is 13.0. The Labute approximate surface area is 234 Å². The summed E-state index contributed by atoms with van der Waals surface area (Å²) in [6.07, 6.45) is 1.96. The lowest BCUT2D eigenvalue weighted by Gasteiger charge is -2.43. The van der Waals surface area contributed by atoms with E-state index in [1.165, 1.54) is 16.7 Å². The van der Waals surface area contributed by atoms with Crippen molar-refractivity contribution in [2.75, 3.05) is 6.61 Å². The summed E-state index contributed by atoms with van der Waals surface area (Å²) < 4.78 is 28.8. The minimum Gasteiger partial charge on any atom is -0.405 e. The zero-order valence-electron chi connectivity index (χ0n) is 22.8. The number of aromatic amines is 1. The van der Waals surface area contributed by atoms with Gasteiger partial charge in [-0.1, -0.05) is 81.4 Å². The summed E-state index contributed by atoms with van der Waals surface area (Å²) in [5.74, 6) is -0.746. The largest absolute Gasteiger partial charge is 0.405 e. The van der Waals surface area contributed by atoms with E-state index in [9.17, 15) is 0 Å². The number of hydrogen-bond acceptors (Lipinski definition) is 7. The van der Waals surface area contributed by atoms with Crippen LogP contribution in [0.5, 0.6) is 0 Å². The molecule has 0 unspecified atom stereocenters. The third kappa shape index (κ3) is 4.49. The van der Waals surface area contributed by atoms with Crippen LogP contribution in [-0.4, -0.2) is 58.6 Å². The van der Waals surface area contributed by atoms with Crippen molar-refractivity contribution in [1.29, 1.82) is 0 Å². The standard InChI is InChI=1S/C29H34N4O4SSi/c1-28(2,3)39(19-12-8-6-9-13-19,20-14-10-7-11-15-20)34-17-22-24-25(37-29(4,5)36-24)23(35-22)21-16-32-33-26(21)30-18-31-27(33)38/h6-16,18,22-25,32H,17H2,1-5H3/t22-,23+,24-,25+/m1/s1. The first-order chi connectivity index (χ1) is 18.6. The monoisotopic (exact) mass is 562 g/mol. The molecule has 2 aliphatic heterocycles. The summed E-state index contributed by atoms with van der Waals surface area (Å²) in [5.41, 5.74) is 1.52. The number of hydrogen-bond donors (Lipinski definition) is 1. The average molecular weight is 563 g/mol. The van der Waals surface area contributed by atoms with Crippen molar-refractivity contribution in [3.8, 4) is 0 Å². The Kier molecular flexibility index (Phi) is 6.60. The molecule has 1 N–H and O–H groups in total. The molecular weight excluding hydrogens is 528 g/mol. The fraction of sp³-hybridized carbons (Fsp3) is 0.414. The molecule has 204 valence electrons. The molecule has 4 aromatic rings. The first-order valence-electron chi connectivity index (χ1n) is 13.3. The van der Waals surface area contributed by atoms with Gasteiger partial charge in [-0.15, -0.1) is 0 Å². The van der Waals surface area contributed by atoms with Crippen LogP contribution in [0.2, 0.25) is 5.04 Å². The molecule has 8 nitrogen and oxygen atoms in total. The van der Waals surface area contributed by atoms with Crippen LogP contribution in [0.3, 0.4) is 0 Å². The normalized spacial score (nSPS) is 24.7. The minimum atomic E-state index is -2.76. The van der Waals surface area contributed by atoms with E-state index in [4.69, 9.17) is 30.9 Å². The second-order valence-corrected chi connectivity index (χ2v) is 16.3. The maximum Gasteiger partial charge on any atom is 0.261 e. The summed E-state index contributed by atoms with van der Waals surface area (Å²) in [5, 5.41) is 5.45. The molecule has 39 heavy (non-hydrogen) atoms. The second kappa shape index (κ2) is 9.72. The van der Waals surface area contributed by atoms with Gasteiger partial charge in [0.05, 0.1) is 6.61 Å². The molecule has 0 bridgehead atoms. The highest BCUT2D eigenvalue weighted by Gasteiger charge is 2.58. The molecule has 0 spiro atoms. The highest BCUT2D eigenvalue weighted by molar-refractivity contribution is 7.71. The summed E-state index contributed by atoms with van der Waals surface area (Å²) >= 11 is 5.37. The zero-order chi connectivity index (χ0) is 27.4. The maximum atomic E-state index is 7.22. The molecule has 2 aromatic carbocycles. The van der Waals surface area contributed by atoms with Crippen LogP contribution in [0.25, 0.3) is 5.65 Å². The van der Waals surface area contributed by atoms with Gasteiger partial charge in [-0.2, -0.15) is 0 Å². The van der Waals surface area contributed by atoms with Crippen molar-refractivity contribution in [1.82, 2.24) is 19.6 Å². The second-order valence-electron chi connectivity index (χ2n) is 11.7. The van der Waals surface area contributed by atoms with Gasteiger partial charge in [-0.25, -0.2) is 14.5 Å². The van der Waals surface area contributed by atoms with E-state index < -0.39 is 20.2 Å². The van der Waals surface area contributed by atoms with Gasteiger partial charge in [0.1, 0.15) is 30.7 Å². The fourth-order valence-corrected chi connectivity index (χ4v) is 10.9. The van der Waals surface area contributed by atoms with Crippen LogP contribution in [0.15, 0.2) is 73.2 Å². The number of H-pyrrole nitrogens is 1. The number of aromatic nitrogens is 4. The number of ether oxygens (including phenoxy) is 3. The fourth-order valence-electron chi connectivity index (χ4n) is 6.10. The lowest BCUT2D eigenvalue weighted by Crippen LogP contribution is -2.67. The van der Waals surface area contributed by atoms with Crippen LogP contribution in [0, 0.1) is 4.77 Å². The number of nitrogens with zero attached hydrogens (tertiary/aromatic N) is 3. The summed E-state index contributed by atoms with van der Waals surface area (Å²) in [6, 6.07) is 21.2. The first-order valence-corrected chi connectivity index (χ1v) is 15.6. The number of rotatable bonds is 6. The molecule has 2 fully saturated rings. The Bertz CT molecular complexity index is 1480. The molecule has 2 aliphatic rings. The highest BCUT2D eigenvalue weighted by Crippen LogP contribution is 2.46. The quantitative estimate of drug-likeness (QED) is 0.277. The van der Waals surface area contributed by atoms with Gasteiger partial charge in [-0.3, -0.25) is 5.10 Å². The molecular formula is C29H34N4O4SSi. The minimum absolute atomic E-state index is 0.149. The molecule has 0 radical (unpaired) electrons. The van der Waals surface area contributed by atoms with E-state index in [1.807, 2.05) is 32.2 Å². The average Bonchev–Trinajstić information content (AvgIpc) is 3.56. The Morgan fingerprint density at radius 2 is 1.59 bits per heavy atom. The van der Waals surface area contributed by atoms with Gasteiger partial charge in [0, 0.05) is 11.8 Å². The Hall–Kier alpha value is -2.73. The van der Waals surface area contributed by atoms with Gasteiger partial charge in [0.15, 0.2) is 11.4 Å². The van der Waals surface area contributed by atoms with E-state index in [0.29, 0.717) is 17.0 Å². The van der Waals surface area contributed by atoms with Gasteiger partial charge < -0.3 is 18.6 Å². The topological polar surface area (TPSA) is 82.9 Å². The highest BCUT2D eigenvalue weighted by atomic mass is 32.1. The molecule has 0 amide bonds. The van der Waals surface area contributed by atoms with Crippen molar-refractivity contribution in [3.63, 3.8) is 0 Å². The van der Waals surface area contributed by atoms with Gasteiger partial charge in [0.25, 0.3) is 8.32 Å². The molecule has 0 aliphatic carbocycles. The molecule has 10 heteroatoms. The summed E-state index contributed by atoms with van der Waals surface area (Å²) in [7, 11) is -2.76. The first kappa shape index (κ1) is 26.5. The number of nitrogens with one attached hydrogen (secondary N) is 1. The van der Waals surface area contributed by atoms with Crippen molar-refractivity contribution in [2.45, 2.75) is 69.9 Å². The number of fused-ring (bicyclic) bond motifs is 2.